The van der Waals surface area contributed by atoms with Crippen molar-refractivity contribution < 1.29 is 13.0 Å². The molecular weight excluding hydrogens is 216 g/mol. The maximum absolute atomic E-state index is 10.8. The number of aryl methyl sites for hydroxylation is 2. The Kier molecular flexibility index (Phi) is 4.90. The van der Waals surface area contributed by atoms with Gasteiger partial charge < -0.3 is 0 Å². The van der Waals surface area contributed by atoms with Crippen LogP contribution in [0.25, 0.3) is 0 Å². The van der Waals surface area contributed by atoms with Crippen molar-refractivity contribution in [3.05, 3.63) is 29.3 Å². The molecule has 0 atom stereocenters. The summed E-state index contributed by atoms with van der Waals surface area (Å²) in [5.74, 6) is 0. The molecule has 1 N–H and O–H groups in total. The van der Waals surface area contributed by atoms with Gasteiger partial charge in [0.2, 0.25) is 0 Å². The second-order valence-corrected chi connectivity index (χ2v) is 4.05. The fourth-order valence-electron chi connectivity index (χ4n) is 1.21. The van der Waals surface area contributed by atoms with E-state index in [9.17, 15) is 8.42 Å². The van der Waals surface area contributed by atoms with E-state index in [-0.39, 0.29) is 42.6 Å². The van der Waals surface area contributed by atoms with Gasteiger partial charge in [-0.15, -0.1) is 0 Å². The van der Waals surface area contributed by atoms with Crippen LogP contribution in [-0.4, -0.2) is 50.7 Å². The van der Waals surface area contributed by atoms with Gasteiger partial charge in [0.05, 0.1) is 4.90 Å². The second kappa shape index (κ2) is 4.75. The van der Waals surface area contributed by atoms with Gasteiger partial charge in [0.1, 0.15) is 0 Å². The first kappa shape index (κ1) is 13.4. The minimum atomic E-state index is -4.06. The van der Waals surface area contributed by atoms with Gasteiger partial charge in [0, 0.05) is 0 Å². The van der Waals surface area contributed by atoms with Crippen LogP contribution in [0.1, 0.15) is 11.1 Å². The third kappa shape index (κ3) is 3.22. The zero-order valence-electron chi connectivity index (χ0n) is 6.90. The Morgan fingerprint density at radius 1 is 1.15 bits per heavy atom. The molecule has 0 radical (unpaired) electrons. The van der Waals surface area contributed by atoms with Crippen molar-refractivity contribution in [1.29, 1.82) is 0 Å². The number of hydrogen-bond acceptors (Lipinski definition) is 2. The summed E-state index contributed by atoms with van der Waals surface area (Å²) in [7, 11) is -4.06. The fraction of sp³-hybridized carbons (Fsp3) is 0.250. The Hall–Kier alpha value is 0.390. The van der Waals surface area contributed by atoms with Crippen molar-refractivity contribution >= 4 is 47.9 Å². The summed E-state index contributed by atoms with van der Waals surface area (Å²) in [5, 5.41) is 0. The second-order valence-electron chi connectivity index (χ2n) is 2.70. The van der Waals surface area contributed by atoms with Crippen LogP contribution in [0.3, 0.4) is 0 Å². The van der Waals surface area contributed by atoms with Crippen LogP contribution in [0.5, 0.6) is 0 Å². The number of benzene rings is 1. The molecule has 0 unspecified atom stereocenters. The monoisotopic (exact) mass is 228 g/mol. The first-order valence-corrected chi connectivity index (χ1v) is 4.90. The molecule has 1 rings (SSSR count). The summed E-state index contributed by atoms with van der Waals surface area (Å²) in [6.07, 6.45) is 0. The molecule has 0 saturated heterocycles. The topological polar surface area (TPSA) is 54.4 Å². The fourth-order valence-corrected chi connectivity index (χ4v) is 2.16. The normalized spacial score (nSPS) is 10.7. The Balaban J connectivity index is 0.00000144. The van der Waals surface area contributed by atoms with Crippen LogP contribution in [0.2, 0.25) is 0 Å². The molecule has 0 bridgehead atoms. The minimum absolute atomic E-state index is 0. The molecule has 0 aromatic heterocycles. The van der Waals surface area contributed by atoms with E-state index in [1.807, 2.05) is 0 Å². The molecule has 0 amide bonds. The first-order valence-electron chi connectivity index (χ1n) is 3.46. The van der Waals surface area contributed by atoms with Crippen LogP contribution in [0.15, 0.2) is 23.1 Å². The van der Waals surface area contributed by atoms with E-state index in [4.69, 9.17) is 4.55 Å². The van der Waals surface area contributed by atoms with Crippen molar-refractivity contribution in [3.63, 3.8) is 0 Å². The molecule has 5 heteroatoms. The van der Waals surface area contributed by atoms with Crippen molar-refractivity contribution in [1.82, 2.24) is 0 Å². The molecule has 0 fully saturated rings. The SMILES string of the molecule is Cc1cccc(C)c1S(=O)(=O)O.[CaH2]. The van der Waals surface area contributed by atoms with Crippen molar-refractivity contribution in [3.8, 4) is 0 Å². The predicted molar refractivity (Wildman–Crippen MR) is 54.3 cm³/mol. The Morgan fingerprint density at radius 2 is 1.54 bits per heavy atom. The summed E-state index contributed by atoms with van der Waals surface area (Å²) >= 11 is 0. The third-order valence-electron chi connectivity index (χ3n) is 1.67. The van der Waals surface area contributed by atoms with Gasteiger partial charge >= 0.3 is 37.7 Å². The van der Waals surface area contributed by atoms with Gasteiger partial charge in [-0.25, -0.2) is 0 Å². The molecule has 13 heavy (non-hydrogen) atoms. The van der Waals surface area contributed by atoms with E-state index < -0.39 is 10.1 Å². The molecule has 0 aliphatic rings. The quantitative estimate of drug-likeness (QED) is 0.567. The van der Waals surface area contributed by atoms with E-state index in [0.717, 1.165) is 0 Å². The van der Waals surface area contributed by atoms with Crippen LogP contribution in [-0.2, 0) is 10.1 Å². The third-order valence-corrected chi connectivity index (χ3v) is 2.83. The van der Waals surface area contributed by atoms with Crippen molar-refractivity contribution in [2.75, 3.05) is 0 Å². The van der Waals surface area contributed by atoms with Crippen LogP contribution in [0, 0.1) is 13.8 Å². The zero-order valence-corrected chi connectivity index (χ0v) is 7.72. The molecule has 0 spiro atoms. The van der Waals surface area contributed by atoms with Gasteiger partial charge in [-0.2, -0.15) is 8.42 Å². The summed E-state index contributed by atoms with van der Waals surface area (Å²) in [6, 6.07) is 5.05. The molecule has 1 aromatic carbocycles. The van der Waals surface area contributed by atoms with Gasteiger partial charge in [-0.05, 0) is 25.0 Å². The summed E-state index contributed by atoms with van der Waals surface area (Å²) in [6.45, 7) is 3.30. The zero-order chi connectivity index (χ0) is 9.35. The van der Waals surface area contributed by atoms with E-state index >= 15 is 0 Å². The molecule has 3 nitrogen and oxygen atoms in total. The number of hydrogen-bond donors (Lipinski definition) is 1. The van der Waals surface area contributed by atoms with E-state index in [1.54, 1.807) is 32.0 Å². The van der Waals surface area contributed by atoms with Gasteiger partial charge in [-0.1, -0.05) is 18.2 Å². The Labute approximate surface area is 108 Å². The molecule has 70 valence electrons. The molecule has 0 aliphatic carbocycles. The van der Waals surface area contributed by atoms with Crippen LogP contribution < -0.4 is 0 Å². The van der Waals surface area contributed by atoms with E-state index in [0.29, 0.717) is 11.1 Å². The molecule has 0 aliphatic heterocycles. The van der Waals surface area contributed by atoms with E-state index in [1.165, 1.54) is 0 Å². The standard InChI is InChI=1S/C8H10O3S.Ca.2H/c1-6-4-3-5-7(2)8(6)12(9,10)11;;;/h3-5H,1-2H3,(H,9,10,11);;;. The summed E-state index contributed by atoms with van der Waals surface area (Å²) < 4.78 is 30.5. The van der Waals surface area contributed by atoms with Crippen LogP contribution >= 0.6 is 0 Å². The average Bonchev–Trinajstić information content (AvgIpc) is 1.82. The molecular formula is C8H12CaO3S. The van der Waals surface area contributed by atoms with Gasteiger partial charge in [0.25, 0.3) is 10.1 Å². The molecule has 1 aromatic rings. The molecule has 0 heterocycles. The summed E-state index contributed by atoms with van der Waals surface area (Å²) in [4.78, 5) is 0.0185. The van der Waals surface area contributed by atoms with Gasteiger partial charge in [0.15, 0.2) is 0 Å². The maximum atomic E-state index is 10.8. The Bertz CT molecular complexity index is 378. The first-order chi connectivity index (χ1) is 5.43. The van der Waals surface area contributed by atoms with Crippen LogP contribution in [0.4, 0.5) is 0 Å². The van der Waals surface area contributed by atoms with Crippen molar-refractivity contribution in [2.45, 2.75) is 18.7 Å². The average molecular weight is 228 g/mol. The summed E-state index contributed by atoms with van der Waals surface area (Å²) in [5.41, 5.74) is 1.13. The van der Waals surface area contributed by atoms with E-state index in [2.05, 4.69) is 0 Å². The van der Waals surface area contributed by atoms with Gasteiger partial charge in [-0.3, -0.25) is 4.55 Å². The number of rotatable bonds is 1. The van der Waals surface area contributed by atoms with Crippen molar-refractivity contribution in [2.24, 2.45) is 0 Å². The Morgan fingerprint density at radius 3 is 1.77 bits per heavy atom. The predicted octanol–water partition coefficient (Wildman–Crippen LogP) is 0.634. The molecule has 0 saturated carbocycles.